The molecule has 0 fully saturated rings. The highest BCUT2D eigenvalue weighted by molar-refractivity contribution is 6.03. The Morgan fingerprint density at radius 2 is 1.66 bits per heavy atom. The van der Waals surface area contributed by atoms with E-state index in [1.165, 1.54) is 20.3 Å². The highest BCUT2D eigenvalue weighted by Crippen LogP contribution is 2.43. The molecule has 0 aliphatic carbocycles. The van der Waals surface area contributed by atoms with Crippen LogP contribution in [0.1, 0.15) is 34.6 Å². The number of hydrogen-bond acceptors (Lipinski definition) is 5. The molecule has 0 spiro atoms. The Balaban J connectivity index is 1.60. The lowest BCUT2D eigenvalue weighted by atomic mass is 9.97. The van der Waals surface area contributed by atoms with Crippen molar-refractivity contribution in [2.75, 3.05) is 24.9 Å². The topological polar surface area (TPSA) is 77.4 Å². The fraction of sp³-hybridized carbons (Fsp3) is 0.273. The molecule has 0 bridgehead atoms. The molecule has 2 aromatic carbocycles. The maximum atomic E-state index is 13.8. The summed E-state index contributed by atoms with van der Waals surface area (Å²) in [5.74, 6) is 0.738. The molecule has 168 valence electrons. The SMILES string of the molecule is COc1ccc(NC(=O)c2cc3n(n2)[C@H](C(F)(F)F)C[C@H](c2ccc(OC)cc2)N3)cc1. The smallest absolute Gasteiger partial charge is 0.410 e. The van der Waals surface area contributed by atoms with E-state index in [4.69, 9.17) is 9.47 Å². The molecule has 1 aliphatic rings. The second kappa shape index (κ2) is 8.45. The van der Waals surface area contributed by atoms with Gasteiger partial charge in [-0.25, -0.2) is 4.68 Å². The van der Waals surface area contributed by atoms with Gasteiger partial charge < -0.3 is 20.1 Å². The largest absolute Gasteiger partial charge is 0.497 e. The molecule has 3 aromatic rings. The van der Waals surface area contributed by atoms with E-state index in [9.17, 15) is 18.0 Å². The number of nitrogens with zero attached hydrogens (tertiary/aromatic N) is 2. The molecule has 1 aromatic heterocycles. The van der Waals surface area contributed by atoms with Crippen LogP contribution in [0, 0.1) is 0 Å². The van der Waals surface area contributed by atoms with Crippen LogP contribution in [0.2, 0.25) is 0 Å². The Hall–Kier alpha value is -3.69. The van der Waals surface area contributed by atoms with Crippen molar-refractivity contribution in [1.82, 2.24) is 9.78 Å². The molecule has 2 N–H and O–H groups in total. The van der Waals surface area contributed by atoms with Crippen LogP contribution >= 0.6 is 0 Å². The summed E-state index contributed by atoms with van der Waals surface area (Å²) >= 11 is 0. The molecule has 4 rings (SSSR count). The van der Waals surface area contributed by atoms with Gasteiger partial charge in [0.1, 0.15) is 17.3 Å². The number of ether oxygens (including phenoxy) is 2. The van der Waals surface area contributed by atoms with Crippen molar-refractivity contribution >= 4 is 17.4 Å². The number of fused-ring (bicyclic) bond motifs is 1. The molecule has 10 heteroatoms. The van der Waals surface area contributed by atoms with Crippen molar-refractivity contribution in [3.05, 3.63) is 65.9 Å². The lowest BCUT2D eigenvalue weighted by molar-refractivity contribution is -0.173. The number of carbonyl (C=O) groups excluding carboxylic acids is 1. The fourth-order valence-electron chi connectivity index (χ4n) is 3.61. The second-order valence-corrected chi connectivity index (χ2v) is 7.31. The van der Waals surface area contributed by atoms with E-state index in [2.05, 4.69) is 15.7 Å². The molecule has 2 heterocycles. The maximum absolute atomic E-state index is 13.8. The van der Waals surface area contributed by atoms with Crippen molar-refractivity contribution in [1.29, 1.82) is 0 Å². The third-order valence-electron chi connectivity index (χ3n) is 5.29. The van der Waals surface area contributed by atoms with Crippen molar-refractivity contribution in [2.45, 2.75) is 24.7 Å². The number of hydrogen-bond donors (Lipinski definition) is 2. The number of methoxy groups -OCH3 is 2. The zero-order chi connectivity index (χ0) is 22.9. The summed E-state index contributed by atoms with van der Waals surface area (Å²) in [5, 5.41) is 9.67. The Bertz CT molecular complexity index is 1100. The van der Waals surface area contributed by atoms with Crippen molar-refractivity contribution < 1.29 is 27.4 Å². The number of benzene rings is 2. The first kappa shape index (κ1) is 21.5. The fourth-order valence-corrected chi connectivity index (χ4v) is 3.61. The van der Waals surface area contributed by atoms with Gasteiger partial charge in [-0.2, -0.15) is 18.3 Å². The molecule has 0 radical (unpaired) electrons. The first-order chi connectivity index (χ1) is 15.3. The average molecular weight is 446 g/mol. The quantitative estimate of drug-likeness (QED) is 0.588. The maximum Gasteiger partial charge on any atom is 0.410 e. The van der Waals surface area contributed by atoms with Crippen LogP contribution in [0.4, 0.5) is 24.7 Å². The van der Waals surface area contributed by atoms with Gasteiger partial charge >= 0.3 is 6.18 Å². The molecule has 7 nitrogen and oxygen atoms in total. The van der Waals surface area contributed by atoms with Gasteiger partial charge in [0.15, 0.2) is 11.7 Å². The van der Waals surface area contributed by atoms with Gasteiger partial charge in [-0.1, -0.05) is 12.1 Å². The lowest BCUT2D eigenvalue weighted by Gasteiger charge is -2.33. The average Bonchev–Trinajstić information content (AvgIpc) is 3.22. The predicted molar refractivity (Wildman–Crippen MR) is 112 cm³/mol. The van der Waals surface area contributed by atoms with Gasteiger partial charge in [0.05, 0.1) is 20.3 Å². The minimum Gasteiger partial charge on any atom is -0.497 e. The zero-order valence-electron chi connectivity index (χ0n) is 17.3. The van der Waals surface area contributed by atoms with E-state index in [0.717, 1.165) is 4.68 Å². The molecule has 0 unspecified atom stereocenters. The molecule has 2 atom stereocenters. The monoisotopic (exact) mass is 446 g/mol. The van der Waals surface area contributed by atoms with E-state index < -0.39 is 24.2 Å². The predicted octanol–water partition coefficient (Wildman–Crippen LogP) is 4.81. The number of rotatable bonds is 5. The van der Waals surface area contributed by atoms with Gasteiger partial charge in [-0.3, -0.25) is 4.79 Å². The van der Waals surface area contributed by atoms with E-state index in [-0.39, 0.29) is 17.9 Å². The van der Waals surface area contributed by atoms with Crippen molar-refractivity contribution in [3.63, 3.8) is 0 Å². The molecule has 0 saturated carbocycles. The number of alkyl halides is 3. The van der Waals surface area contributed by atoms with E-state index in [1.807, 2.05) is 0 Å². The summed E-state index contributed by atoms with van der Waals surface area (Å²) in [4.78, 5) is 12.6. The molecule has 0 saturated heterocycles. The standard InChI is InChI=1S/C22H21F3N4O3/c1-31-15-7-3-13(4-8-15)17-11-19(22(23,24)25)29-20(27-17)12-18(28-29)21(30)26-14-5-9-16(32-2)10-6-14/h3-10,12,17,19,27H,11H2,1-2H3,(H,26,30)/t17-,19+/m1/s1. The molecule has 1 aliphatic heterocycles. The van der Waals surface area contributed by atoms with Crippen LogP contribution < -0.4 is 20.1 Å². The Morgan fingerprint density at radius 3 is 2.22 bits per heavy atom. The summed E-state index contributed by atoms with van der Waals surface area (Å²) < 4.78 is 52.5. The van der Waals surface area contributed by atoms with Gasteiger partial charge in [-0.15, -0.1) is 0 Å². The van der Waals surface area contributed by atoms with Crippen LogP contribution in [0.3, 0.4) is 0 Å². The highest BCUT2D eigenvalue weighted by Gasteiger charge is 2.46. The number of carbonyl (C=O) groups is 1. The van der Waals surface area contributed by atoms with Crippen LogP contribution in [0.5, 0.6) is 11.5 Å². The summed E-state index contributed by atoms with van der Waals surface area (Å²) in [7, 11) is 3.04. The number of aromatic nitrogens is 2. The minimum atomic E-state index is -4.53. The van der Waals surface area contributed by atoms with Gasteiger partial charge in [0.25, 0.3) is 5.91 Å². The van der Waals surface area contributed by atoms with E-state index in [1.54, 1.807) is 48.5 Å². The highest BCUT2D eigenvalue weighted by atomic mass is 19.4. The molecule has 1 amide bonds. The number of nitrogens with one attached hydrogen (secondary N) is 2. The number of halogens is 3. The van der Waals surface area contributed by atoms with Crippen molar-refractivity contribution in [3.8, 4) is 11.5 Å². The van der Waals surface area contributed by atoms with Gasteiger partial charge in [0.2, 0.25) is 0 Å². The van der Waals surface area contributed by atoms with Gasteiger partial charge in [-0.05, 0) is 42.0 Å². The van der Waals surface area contributed by atoms with E-state index in [0.29, 0.717) is 22.7 Å². The first-order valence-electron chi connectivity index (χ1n) is 9.80. The normalized spacial score (nSPS) is 17.8. The summed E-state index contributed by atoms with van der Waals surface area (Å²) in [6.45, 7) is 0. The zero-order valence-corrected chi connectivity index (χ0v) is 17.3. The molecular formula is C22H21F3N4O3. The van der Waals surface area contributed by atoms with Crippen LogP contribution in [-0.4, -0.2) is 36.1 Å². The van der Waals surface area contributed by atoms with Crippen LogP contribution in [0.25, 0.3) is 0 Å². The summed E-state index contributed by atoms with van der Waals surface area (Å²) in [6, 6.07) is 12.3. The van der Waals surface area contributed by atoms with Crippen LogP contribution in [0.15, 0.2) is 54.6 Å². The number of amides is 1. The second-order valence-electron chi connectivity index (χ2n) is 7.31. The third kappa shape index (κ3) is 4.34. The van der Waals surface area contributed by atoms with Gasteiger partial charge in [0, 0.05) is 18.2 Å². The van der Waals surface area contributed by atoms with E-state index >= 15 is 0 Å². The third-order valence-corrected chi connectivity index (χ3v) is 5.29. The summed E-state index contributed by atoms with van der Waals surface area (Å²) in [5.41, 5.74) is 1.03. The Labute approximate surface area is 182 Å². The lowest BCUT2D eigenvalue weighted by Crippen LogP contribution is -2.35. The number of anilines is 2. The van der Waals surface area contributed by atoms with Crippen molar-refractivity contribution in [2.24, 2.45) is 0 Å². The van der Waals surface area contributed by atoms with Crippen LogP contribution in [-0.2, 0) is 0 Å². The Morgan fingerprint density at radius 1 is 1.06 bits per heavy atom. The molecule has 32 heavy (non-hydrogen) atoms. The molecular weight excluding hydrogens is 425 g/mol. The Kier molecular flexibility index (Phi) is 5.68. The summed E-state index contributed by atoms with van der Waals surface area (Å²) in [6.07, 6.45) is -4.79. The minimum absolute atomic E-state index is 0.118. The first-order valence-corrected chi connectivity index (χ1v) is 9.80.